The van der Waals surface area contributed by atoms with Gasteiger partial charge in [-0.25, -0.2) is 0 Å². The van der Waals surface area contributed by atoms with Gasteiger partial charge in [-0.1, -0.05) is 6.07 Å². The van der Waals surface area contributed by atoms with Gasteiger partial charge in [0.05, 0.1) is 18.8 Å². The molecule has 1 aliphatic rings. The van der Waals surface area contributed by atoms with E-state index in [4.69, 9.17) is 4.74 Å². The molecule has 4 nitrogen and oxygen atoms in total. The first-order chi connectivity index (χ1) is 9.88. The van der Waals surface area contributed by atoms with Gasteiger partial charge in [-0.05, 0) is 25.1 Å². The van der Waals surface area contributed by atoms with Crippen LogP contribution in [0, 0.1) is 0 Å². The number of benzene rings is 1. The van der Waals surface area contributed by atoms with Gasteiger partial charge in [0.1, 0.15) is 13.1 Å². The highest BCUT2D eigenvalue weighted by molar-refractivity contribution is 5.93. The van der Waals surface area contributed by atoms with Gasteiger partial charge in [0.2, 0.25) is 0 Å². The number of quaternary nitrogens is 1. The molecule has 2 rings (SSSR count). The molecule has 0 saturated carbocycles. The van der Waals surface area contributed by atoms with Crippen LogP contribution in [0.15, 0.2) is 24.3 Å². The van der Waals surface area contributed by atoms with Crippen LogP contribution in [0.2, 0.25) is 0 Å². The molecule has 0 aromatic heterocycles. The third-order valence-corrected chi connectivity index (χ3v) is 3.60. The Morgan fingerprint density at radius 1 is 1.33 bits per heavy atom. The first kappa shape index (κ1) is 15.8. The lowest BCUT2D eigenvalue weighted by Crippen LogP contribution is -3.18. The van der Waals surface area contributed by atoms with Crippen molar-refractivity contribution in [2.45, 2.75) is 19.1 Å². The first-order valence-corrected chi connectivity index (χ1v) is 6.78. The molecule has 1 heterocycles. The van der Waals surface area contributed by atoms with Crippen LogP contribution in [0.4, 0.5) is 18.9 Å². The van der Waals surface area contributed by atoms with Crippen molar-refractivity contribution in [3.8, 4) is 0 Å². The van der Waals surface area contributed by atoms with E-state index in [1.807, 2.05) is 0 Å². The van der Waals surface area contributed by atoms with E-state index in [1.165, 1.54) is 12.1 Å². The monoisotopic (exact) mass is 303 g/mol. The molecule has 1 aromatic rings. The van der Waals surface area contributed by atoms with Crippen LogP contribution in [0.25, 0.3) is 0 Å². The summed E-state index contributed by atoms with van der Waals surface area (Å²) >= 11 is 0. The van der Waals surface area contributed by atoms with Gasteiger partial charge in [0, 0.05) is 5.69 Å². The number of nitrogens with one attached hydrogen (secondary N) is 2. The van der Waals surface area contributed by atoms with E-state index in [1.54, 1.807) is 6.92 Å². The van der Waals surface area contributed by atoms with Crippen LogP contribution >= 0.6 is 0 Å². The molecular formula is C14H18F3N2O2+. The Kier molecular flexibility index (Phi) is 4.84. The minimum atomic E-state index is -4.41. The molecule has 1 aromatic carbocycles. The fourth-order valence-corrected chi connectivity index (χ4v) is 2.28. The molecule has 1 fully saturated rings. The van der Waals surface area contributed by atoms with Gasteiger partial charge >= 0.3 is 6.18 Å². The smallest absolute Gasteiger partial charge is 0.370 e. The number of morpholine rings is 1. The van der Waals surface area contributed by atoms with Crippen molar-refractivity contribution in [2.24, 2.45) is 0 Å². The number of alkyl halides is 3. The zero-order valence-corrected chi connectivity index (χ0v) is 11.7. The lowest BCUT2D eigenvalue weighted by molar-refractivity contribution is -0.921. The SMILES string of the molecule is C[C@H](C(=O)Nc1cccc(C(F)(F)F)c1)[NH+]1CCOCC1. The molecule has 2 N–H and O–H groups in total. The van der Waals surface area contributed by atoms with E-state index >= 15 is 0 Å². The molecule has 0 radical (unpaired) electrons. The molecule has 21 heavy (non-hydrogen) atoms. The summed E-state index contributed by atoms with van der Waals surface area (Å²) in [5, 5.41) is 2.55. The van der Waals surface area contributed by atoms with Gasteiger partial charge < -0.3 is 15.0 Å². The molecule has 1 amide bonds. The summed E-state index contributed by atoms with van der Waals surface area (Å²) in [4.78, 5) is 13.2. The normalized spacial score (nSPS) is 18.3. The van der Waals surface area contributed by atoms with Crippen molar-refractivity contribution in [2.75, 3.05) is 31.6 Å². The number of hydrogen-bond acceptors (Lipinski definition) is 2. The van der Waals surface area contributed by atoms with Crippen LogP contribution < -0.4 is 10.2 Å². The van der Waals surface area contributed by atoms with Gasteiger partial charge in [-0.3, -0.25) is 4.79 Å². The van der Waals surface area contributed by atoms with E-state index in [0.717, 1.165) is 30.1 Å². The number of carbonyl (C=O) groups is 1. The fraction of sp³-hybridized carbons (Fsp3) is 0.500. The first-order valence-electron chi connectivity index (χ1n) is 6.78. The van der Waals surface area contributed by atoms with Crippen LogP contribution in [0.3, 0.4) is 0 Å². The second-order valence-corrected chi connectivity index (χ2v) is 5.06. The fourth-order valence-electron chi connectivity index (χ4n) is 2.28. The summed E-state index contributed by atoms with van der Waals surface area (Å²) < 4.78 is 43.1. The van der Waals surface area contributed by atoms with Crippen molar-refractivity contribution in [1.82, 2.24) is 0 Å². The van der Waals surface area contributed by atoms with E-state index in [0.29, 0.717) is 13.2 Å². The zero-order valence-electron chi connectivity index (χ0n) is 11.7. The minimum absolute atomic E-state index is 0.161. The van der Waals surface area contributed by atoms with Crippen molar-refractivity contribution >= 4 is 11.6 Å². The topological polar surface area (TPSA) is 42.8 Å². The number of halogens is 3. The van der Waals surface area contributed by atoms with E-state index in [2.05, 4.69) is 5.32 Å². The molecule has 1 aliphatic heterocycles. The quantitative estimate of drug-likeness (QED) is 0.873. The molecule has 0 aliphatic carbocycles. The Hall–Kier alpha value is -1.60. The van der Waals surface area contributed by atoms with Gasteiger partial charge in [-0.2, -0.15) is 13.2 Å². The predicted molar refractivity (Wildman–Crippen MR) is 71.1 cm³/mol. The number of carbonyl (C=O) groups excluding carboxylic acids is 1. The molecule has 7 heteroatoms. The van der Waals surface area contributed by atoms with E-state index < -0.39 is 11.7 Å². The number of ether oxygens (including phenoxy) is 1. The largest absolute Gasteiger partial charge is 0.416 e. The zero-order chi connectivity index (χ0) is 15.5. The lowest BCUT2D eigenvalue weighted by atomic mass is 10.2. The summed E-state index contributed by atoms with van der Waals surface area (Å²) in [7, 11) is 0. The summed E-state index contributed by atoms with van der Waals surface area (Å²) in [5.41, 5.74) is -0.610. The highest BCUT2D eigenvalue weighted by atomic mass is 19.4. The van der Waals surface area contributed by atoms with Crippen molar-refractivity contribution in [1.29, 1.82) is 0 Å². The maximum atomic E-state index is 12.6. The molecule has 0 bridgehead atoms. The van der Waals surface area contributed by atoms with E-state index in [9.17, 15) is 18.0 Å². The maximum Gasteiger partial charge on any atom is 0.416 e. The highest BCUT2D eigenvalue weighted by Crippen LogP contribution is 2.30. The number of anilines is 1. The van der Waals surface area contributed by atoms with Crippen LogP contribution in [0.5, 0.6) is 0 Å². The van der Waals surface area contributed by atoms with Crippen LogP contribution in [-0.4, -0.2) is 38.3 Å². The summed E-state index contributed by atoms with van der Waals surface area (Å²) in [6.07, 6.45) is -4.41. The Morgan fingerprint density at radius 2 is 2.00 bits per heavy atom. The Labute approximate surface area is 120 Å². The lowest BCUT2D eigenvalue weighted by Gasteiger charge is -2.28. The molecule has 1 atom stereocenters. The molecule has 0 unspecified atom stereocenters. The summed E-state index contributed by atoms with van der Waals surface area (Å²) in [5.74, 6) is -0.286. The molecule has 0 spiro atoms. The van der Waals surface area contributed by atoms with Crippen molar-refractivity contribution in [3.05, 3.63) is 29.8 Å². The Morgan fingerprint density at radius 3 is 2.62 bits per heavy atom. The summed E-state index contributed by atoms with van der Waals surface area (Å²) in [6, 6.07) is 4.33. The molecule has 1 saturated heterocycles. The molecule has 116 valence electrons. The average Bonchev–Trinajstić information content (AvgIpc) is 2.47. The third-order valence-electron chi connectivity index (χ3n) is 3.60. The third kappa shape index (κ3) is 4.18. The summed E-state index contributed by atoms with van der Waals surface area (Å²) in [6.45, 7) is 4.39. The van der Waals surface area contributed by atoms with Crippen molar-refractivity contribution < 1.29 is 27.6 Å². The van der Waals surface area contributed by atoms with Gasteiger partial charge in [-0.15, -0.1) is 0 Å². The van der Waals surface area contributed by atoms with Gasteiger partial charge in [0.15, 0.2) is 6.04 Å². The molecular weight excluding hydrogens is 285 g/mol. The number of rotatable bonds is 3. The second kappa shape index (κ2) is 6.44. The number of amides is 1. The predicted octanol–water partition coefficient (Wildman–Crippen LogP) is 0.947. The van der Waals surface area contributed by atoms with Crippen LogP contribution in [-0.2, 0) is 15.7 Å². The Bertz CT molecular complexity index is 499. The maximum absolute atomic E-state index is 12.6. The second-order valence-electron chi connectivity index (χ2n) is 5.06. The van der Waals surface area contributed by atoms with E-state index in [-0.39, 0.29) is 17.6 Å². The minimum Gasteiger partial charge on any atom is -0.370 e. The highest BCUT2D eigenvalue weighted by Gasteiger charge is 2.31. The average molecular weight is 303 g/mol. The Balaban J connectivity index is 2.02. The van der Waals surface area contributed by atoms with Gasteiger partial charge in [0.25, 0.3) is 5.91 Å². The van der Waals surface area contributed by atoms with Crippen molar-refractivity contribution in [3.63, 3.8) is 0 Å². The number of hydrogen-bond donors (Lipinski definition) is 2. The van der Waals surface area contributed by atoms with Crippen LogP contribution in [0.1, 0.15) is 12.5 Å². The standard InChI is InChI=1S/C14H17F3N2O2/c1-10(19-5-7-21-8-6-19)13(20)18-12-4-2-3-11(9-12)14(15,16)17/h2-4,9-10H,5-8H2,1H3,(H,18,20)/p+1/t10-/m1/s1.